The predicted octanol–water partition coefficient (Wildman–Crippen LogP) is 2.68. The minimum absolute atomic E-state index is 0.312. The molecule has 1 aromatic heterocycles. The highest BCUT2D eigenvalue weighted by atomic mass is 16.4. The number of hydrogen-bond acceptors (Lipinski definition) is 2. The van der Waals surface area contributed by atoms with Crippen LogP contribution in [0.15, 0.2) is 22.8 Å². The molecule has 0 saturated heterocycles. The molecule has 72 valence electrons. The summed E-state index contributed by atoms with van der Waals surface area (Å²) < 4.78 is 5.30. The van der Waals surface area contributed by atoms with Crippen LogP contribution in [0.1, 0.15) is 38.4 Å². The largest absolute Gasteiger partial charge is 0.466 e. The molecule has 0 spiro atoms. The zero-order valence-corrected chi connectivity index (χ0v) is 7.99. The lowest BCUT2D eigenvalue weighted by Crippen LogP contribution is -2.35. The van der Waals surface area contributed by atoms with Crippen LogP contribution in [0, 0.1) is 5.92 Å². The van der Waals surface area contributed by atoms with Gasteiger partial charge in [-0.2, -0.15) is 0 Å². The second-order valence-electron chi connectivity index (χ2n) is 4.05. The van der Waals surface area contributed by atoms with Gasteiger partial charge in [0.25, 0.3) is 0 Å². The van der Waals surface area contributed by atoms with Gasteiger partial charge in [0, 0.05) is 0 Å². The van der Waals surface area contributed by atoms with Gasteiger partial charge in [-0.1, -0.05) is 19.8 Å². The van der Waals surface area contributed by atoms with Gasteiger partial charge >= 0.3 is 0 Å². The van der Waals surface area contributed by atoms with E-state index in [1.54, 1.807) is 6.26 Å². The minimum Gasteiger partial charge on any atom is -0.466 e. The van der Waals surface area contributed by atoms with Crippen molar-refractivity contribution in [1.82, 2.24) is 0 Å². The lowest BCUT2D eigenvalue weighted by molar-refractivity contribution is -0.0636. The molecule has 2 atom stereocenters. The SMILES string of the molecule is CC1CCCCC1(O)c1ccco1. The Labute approximate surface area is 78.6 Å². The van der Waals surface area contributed by atoms with E-state index in [2.05, 4.69) is 6.92 Å². The highest BCUT2D eigenvalue weighted by molar-refractivity contribution is 5.11. The molecule has 2 nitrogen and oxygen atoms in total. The van der Waals surface area contributed by atoms with Gasteiger partial charge in [-0.15, -0.1) is 0 Å². The maximum atomic E-state index is 10.4. The molecule has 0 amide bonds. The molecule has 0 bridgehead atoms. The van der Waals surface area contributed by atoms with Crippen LogP contribution >= 0.6 is 0 Å². The van der Waals surface area contributed by atoms with Crippen LogP contribution in [0.2, 0.25) is 0 Å². The van der Waals surface area contributed by atoms with Crippen molar-refractivity contribution in [2.24, 2.45) is 5.92 Å². The molecule has 0 aromatic carbocycles. The molecule has 2 rings (SSSR count). The highest BCUT2D eigenvalue weighted by Crippen LogP contribution is 2.41. The van der Waals surface area contributed by atoms with Gasteiger partial charge in [-0.05, 0) is 30.9 Å². The normalized spacial score (nSPS) is 34.8. The first-order chi connectivity index (χ1) is 6.23. The molecule has 1 N–H and O–H groups in total. The predicted molar refractivity (Wildman–Crippen MR) is 50.2 cm³/mol. The summed E-state index contributed by atoms with van der Waals surface area (Å²) in [6.07, 6.45) is 5.89. The summed E-state index contributed by atoms with van der Waals surface area (Å²) in [7, 11) is 0. The van der Waals surface area contributed by atoms with Crippen LogP contribution in [0.3, 0.4) is 0 Å². The summed E-state index contributed by atoms with van der Waals surface area (Å²) in [6.45, 7) is 2.10. The molecule has 1 aliphatic rings. The molecule has 1 fully saturated rings. The minimum atomic E-state index is -0.707. The molecular formula is C11H16O2. The van der Waals surface area contributed by atoms with E-state index < -0.39 is 5.60 Å². The van der Waals surface area contributed by atoms with Crippen molar-refractivity contribution in [3.8, 4) is 0 Å². The molecular weight excluding hydrogens is 164 g/mol. The first-order valence-electron chi connectivity index (χ1n) is 5.00. The standard InChI is InChI=1S/C11H16O2/c1-9-5-2-3-7-11(9,12)10-6-4-8-13-10/h4,6,8-9,12H,2-3,5,7H2,1H3. The Hall–Kier alpha value is -0.760. The Bertz CT molecular complexity index is 266. The summed E-state index contributed by atoms with van der Waals surface area (Å²) in [5, 5.41) is 10.4. The summed E-state index contributed by atoms with van der Waals surface area (Å²) in [6, 6.07) is 3.72. The fourth-order valence-corrected chi connectivity index (χ4v) is 2.22. The van der Waals surface area contributed by atoms with Crippen molar-refractivity contribution < 1.29 is 9.52 Å². The third-order valence-corrected chi connectivity index (χ3v) is 3.21. The maximum absolute atomic E-state index is 10.4. The molecule has 2 unspecified atom stereocenters. The van der Waals surface area contributed by atoms with Crippen LogP contribution < -0.4 is 0 Å². The van der Waals surface area contributed by atoms with Crippen LogP contribution in [0.4, 0.5) is 0 Å². The Morgan fingerprint density at radius 3 is 3.00 bits per heavy atom. The van der Waals surface area contributed by atoms with E-state index in [9.17, 15) is 5.11 Å². The van der Waals surface area contributed by atoms with Crippen molar-refractivity contribution in [3.63, 3.8) is 0 Å². The quantitative estimate of drug-likeness (QED) is 0.720. The maximum Gasteiger partial charge on any atom is 0.135 e. The van der Waals surface area contributed by atoms with Crippen LogP contribution in [0.5, 0.6) is 0 Å². The lowest BCUT2D eigenvalue weighted by atomic mass is 9.75. The average Bonchev–Trinajstić information content (AvgIpc) is 2.63. The van der Waals surface area contributed by atoms with E-state index in [0.717, 1.165) is 25.0 Å². The topological polar surface area (TPSA) is 33.4 Å². The lowest BCUT2D eigenvalue weighted by Gasteiger charge is -2.36. The zero-order chi connectivity index (χ0) is 9.31. The highest BCUT2D eigenvalue weighted by Gasteiger charge is 2.39. The molecule has 2 heteroatoms. The van der Waals surface area contributed by atoms with Gasteiger partial charge in [0.05, 0.1) is 6.26 Å². The number of rotatable bonds is 1. The van der Waals surface area contributed by atoms with Crippen LogP contribution in [-0.4, -0.2) is 5.11 Å². The number of furan rings is 1. The Kier molecular flexibility index (Phi) is 2.16. The molecule has 1 saturated carbocycles. The average molecular weight is 180 g/mol. The van der Waals surface area contributed by atoms with E-state index in [1.807, 2.05) is 12.1 Å². The van der Waals surface area contributed by atoms with Crippen molar-refractivity contribution >= 4 is 0 Å². The summed E-state index contributed by atoms with van der Waals surface area (Å²) in [5.41, 5.74) is -0.707. The second kappa shape index (κ2) is 3.18. The number of aliphatic hydroxyl groups is 1. The Morgan fingerprint density at radius 2 is 2.38 bits per heavy atom. The third kappa shape index (κ3) is 1.39. The van der Waals surface area contributed by atoms with Crippen molar-refractivity contribution in [3.05, 3.63) is 24.2 Å². The molecule has 1 heterocycles. The molecule has 0 radical (unpaired) electrons. The van der Waals surface area contributed by atoms with Crippen molar-refractivity contribution in [1.29, 1.82) is 0 Å². The van der Waals surface area contributed by atoms with Gasteiger partial charge in [-0.25, -0.2) is 0 Å². The third-order valence-electron chi connectivity index (χ3n) is 3.21. The smallest absolute Gasteiger partial charge is 0.135 e. The van der Waals surface area contributed by atoms with Crippen LogP contribution in [0.25, 0.3) is 0 Å². The van der Waals surface area contributed by atoms with Crippen molar-refractivity contribution in [2.75, 3.05) is 0 Å². The van der Waals surface area contributed by atoms with E-state index in [4.69, 9.17) is 4.42 Å². The van der Waals surface area contributed by atoms with E-state index in [0.29, 0.717) is 5.92 Å². The molecule has 1 aromatic rings. The summed E-state index contributed by atoms with van der Waals surface area (Å²) in [4.78, 5) is 0. The van der Waals surface area contributed by atoms with Gasteiger partial charge in [0.15, 0.2) is 0 Å². The van der Waals surface area contributed by atoms with E-state index in [-0.39, 0.29) is 0 Å². The van der Waals surface area contributed by atoms with Gasteiger partial charge in [-0.3, -0.25) is 0 Å². The molecule has 1 aliphatic carbocycles. The number of hydrogen-bond donors (Lipinski definition) is 1. The summed E-state index contributed by atoms with van der Waals surface area (Å²) >= 11 is 0. The van der Waals surface area contributed by atoms with E-state index in [1.165, 1.54) is 6.42 Å². The van der Waals surface area contributed by atoms with Gasteiger partial charge in [0.1, 0.15) is 11.4 Å². The van der Waals surface area contributed by atoms with Gasteiger partial charge in [0.2, 0.25) is 0 Å². The van der Waals surface area contributed by atoms with Crippen molar-refractivity contribution in [2.45, 2.75) is 38.2 Å². The Morgan fingerprint density at radius 1 is 1.54 bits per heavy atom. The fraction of sp³-hybridized carbons (Fsp3) is 0.636. The second-order valence-corrected chi connectivity index (χ2v) is 4.05. The first kappa shape index (κ1) is 8.82. The summed E-state index contributed by atoms with van der Waals surface area (Å²) in [5.74, 6) is 1.05. The van der Waals surface area contributed by atoms with Crippen LogP contribution in [-0.2, 0) is 5.60 Å². The fourth-order valence-electron chi connectivity index (χ4n) is 2.22. The molecule has 13 heavy (non-hydrogen) atoms. The zero-order valence-electron chi connectivity index (χ0n) is 7.99. The molecule has 0 aliphatic heterocycles. The monoisotopic (exact) mass is 180 g/mol. The Balaban J connectivity index is 2.27. The van der Waals surface area contributed by atoms with Gasteiger partial charge < -0.3 is 9.52 Å². The first-order valence-corrected chi connectivity index (χ1v) is 5.00. The van der Waals surface area contributed by atoms with E-state index >= 15 is 0 Å².